The van der Waals surface area contributed by atoms with Gasteiger partial charge in [-0.1, -0.05) is 12.1 Å². The lowest BCUT2D eigenvalue weighted by molar-refractivity contribution is 0.234. The Labute approximate surface area is 140 Å². The summed E-state index contributed by atoms with van der Waals surface area (Å²) in [6.45, 7) is 5.68. The maximum absolute atomic E-state index is 12.7. The van der Waals surface area contributed by atoms with Gasteiger partial charge in [-0.3, -0.25) is 4.90 Å². The van der Waals surface area contributed by atoms with Crippen LogP contribution in [0.1, 0.15) is 20.3 Å². The number of urea groups is 1. The first-order chi connectivity index (χ1) is 11.2. The molecule has 1 aromatic carbocycles. The van der Waals surface area contributed by atoms with Gasteiger partial charge in [0.1, 0.15) is 0 Å². The van der Waals surface area contributed by atoms with Crippen LogP contribution < -0.4 is 10.6 Å². The minimum absolute atomic E-state index is 0.0636. The van der Waals surface area contributed by atoms with Crippen LogP contribution in [-0.2, 0) is 9.84 Å². The van der Waals surface area contributed by atoms with Gasteiger partial charge in [0.15, 0.2) is 0 Å². The van der Waals surface area contributed by atoms with Gasteiger partial charge in [0.2, 0.25) is 9.84 Å². The Bertz CT molecular complexity index is 695. The number of para-hydroxylation sites is 1. The maximum atomic E-state index is 12.7. The first kappa shape index (κ1) is 18.6. The van der Waals surface area contributed by atoms with E-state index in [1.807, 2.05) is 0 Å². The number of benzene rings is 1. The molecule has 0 radical (unpaired) electrons. The Kier molecular flexibility index (Phi) is 5.76. The molecule has 1 atom stereocenters. The Balaban J connectivity index is 2.06. The van der Waals surface area contributed by atoms with Gasteiger partial charge in [0, 0.05) is 25.2 Å². The summed E-state index contributed by atoms with van der Waals surface area (Å²) in [7, 11) is -4.78. The minimum atomic E-state index is -4.78. The molecule has 1 aliphatic heterocycles. The summed E-state index contributed by atoms with van der Waals surface area (Å²) in [4.78, 5) is 13.7. The van der Waals surface area contributed by atoms with Gasteiger partial charge in [-0.25, -0.2) is 13.2 Å². The summed E-state index contributed by atoms with van der Waals surface area (Å²) in [5.74, 6) is -3.54. The molecule has 1 heterocycles. The quantitative estimate of drug-likeness (QED) is 0.843. The van der Waals surface area contributed by atoms with Crippen molar-refractivity contribution in [3.8, 4) is 0 Å². The number of carbonyl (C=O) groups excluding carboxylic acids is 1. The van der Waals surface area contributed by atoms with Crippen LogP contribution in [0.15, 0.2) is 29.2 Å². The highest BCUT2D eigenvalue weighted by Gasteiger charge is 2.30. The second-order valence-corrected chi connectivity index (χ2v) is 7.86. The van der Waals surface area contributed by atoms with E-state index in [0.717, 1.165) is 19.0 Å². The minimum Gasteiger partial charge on any atom is -0.334 e. The van der Waals surface area contributed by atoms with Crippen molar-refractivity contribution in [1.29, 1.82) is 0 Å². The number of carbonyl (C=O) groups is 1. The second-order valence-electron chi connectivity index (χ2n) is 5.97. The highest BCUT2D eigenvalue weighted by Crippen LogP contribution is 2.26. The van der Waals surface area contributed by atoms with E-state index in [-0.39, 0.29) is 11.7 Å². The number of sulfone groups is 1. The van der Waals surface area contributed by atoms with Crippen LogP contribution in [0.2, 0.25) is 0 Å². The third-order valence-electron chi connectivity index (χ3n) is 3.96. The van der Waals surface area contributed by atoms with Crippen molar-refractivity contribution in [3.05, 3.63) is 24.3 Å². The van der Waals surface area contributed by atoms with Crippen LogP contribution in [0, 0.1) is 0 Å². The number of anilines is 1. The number of amides is 2. The molecule has 134 valence electrons. The molecule has 2 rings (SSSR count). The number of alkyl halides is 2. The maximum Gasteiger partial charge on any atom is 0.341 e. The van der Waals surface area contributed by atoms with Crippen molar-refractivity contribution in [2.75, 3.05) is 18.4 Å². The Hall–Kier alpha value is -1.74. The van der Waals surface area contributed by atoms with Crippen molar-refractivity contribution in [3.63, 3.8) is 0 Å². The average molecular weight is 361 g/mol. The fourth-order valence-electron chi connectivity index (χ4n) is 2.63. The molecular weight excluding hydrogens is 340 g/mol. The van der Waals surface area contributed by atoms with Gasteiger partial charge in [0.05, 0.1) is 10.6 Å². The molecule has 2 N–H and O–H groups in total. The number of likely N-dealkylation sites (tertiary alicyclic amines) is 1. The zero-order valence-corrected chi connectivity index (χ0v) is 14.3. The van der Waals surface area contributed by atoms with Crippen LogP contribution in [0.25, 0.3) is 0 Å². The second kappa shape index (κ2) is 7.43. The topological polar surface area (TPSA) is 78.5 Å². The van der Waals surface area contributed by atoms with Crippen molar-refractivity contribution in [2.45, 2.75) is 43.0 Å². The third kappa shape index (κ3) is 4.21. The molecule has 24 heavy (non-hydrogen) atoms. The zero-order valence-electron chi connectivity index (χ0n) is 13.5. The van der Waals surface area contributed by atoms with Gasteiger partial charge in [0.25, 0.3) is 0 Å². The van der Waals surface area contributed by atoms with Crippen molar-refractivity contribution in [2.24, 2.45) is 0 Å². The Morgan fingerprint density at radius 3 is 2.54 bits per heavy atom. The predicted molar refractivity (Wildman–Crippen MR) is 86.9 cm³/mol. The smallest absolute Gasteiger partial charge is 0.334 e. The van der Waals surface area contributed by atoms with Gasteiger partial charge in [-0.05, 0) is 32.4 Å². The SMILES string of the molecule is CC(C)N1CCC(NC(=O)Nc2ccccc2S(=O)(=O)C(F)F)C1. The molecule has 6 nitrogen and oxygen atoms in total. The number of nitrogens with zero attached hydrogens (tertiary/aromatic N) is 1. The molecule has 0 aliphatic carbocycles. The normalized spacial score (nSPS) is 19.0. The van der Waals surface area contributed by atoms with Crippen LogP contribution in [-0.4, -0.2) is 50.3 Å². The molecular formula is C15H21F2N3O3S. The van der Waals surface area contributed by atoms with Crippen LogP contribution in [0.3, 0.4) is 0 Å². The van der Waals surface area contributed by atoms with E-state index in [0.29, 0.717) is 12.6 Å². The largest absolute Gasteiger partial charge is 0.341 e. The van der Waals surface area contributed by atoms with Crippen molar-refractivity contribution >= 4 is 21.6 Å². The molecule has 1 unspecified atom stereocenters. The summed E-state index contributed by atoms with van der Waals surface area (Å²) in [5.41, 5.74) is -0.158. The molecule has 9 heteroatoms. The highest BCUT2D eigenvalue weighted by atomic mass is 32.2. The monoisotopic (exact) mass is 361 g/mol. The fraction of sp³-hybridized carbons (Fsp3) is 0.533. The molecule has 0 aromatic heterocycles. The summed E-state index contributed by atoms with van der Waals surface area (Å²) in [6, 6.07) is 4.83. The van der Waals surface area contributed by atoms with Gasteiger partial charge < -0.3 is 10.6 Å². The van der Waals surface area contributed by atoms with Crippen LogP contribution in [0.4, 0.5) is 19.3 Å². The molecule has 1 fully saturated rings. The number of nitrogens with one attached hydrogen (secondary N) is 2. The van der Waals surface area contributed by atoms with E-state index in [1.54, 1.807) is 0 Å². The summed E-state index contributed by atoms with van der Waals surface area (Å²) >= 11 is 0. The fourth-order valence-corrected chi connectivity index (χ4v) is 3.52. The molecule has 2 amide bonds. The van der Waals surface area contributed by atoms with Crippen molar-refractivity contribution in [1.82, 2.24) is 10.2 Å². The van der Waals surface area contributed by atoms with E-state index in [1.165, 1.54) is 18.2 Å². The third-order valence-corrected chi connectivity index (χ3v) is 5.40. The van der Waals surface area contributed by atoms with Gasteiger partial charge in [-0.15, -0.1) is 0 Å². The van der Waals surface area contributed by atoms with E-state index >= 15 is 0 Å². The highest BCUT2D eigenvalue weighted by molar-refractivity contribution is 7.91. The molecule has 0 bridgehead atoms. The van der Waals surface area contributed by atoms with Gasteiger partial charge >= 0.3 is 11.8 Å². The molecule has 0 spiro atoms. The lowest BCUT2D eigenvalue weighted by Crippen LogP contribution is -2.40. The van der Waals surface area contributed by atoms with Crippen LogP contribution >= 0.6 is 0 Å². The molecule has 1 aromatic rings. The van der Waals surface area contributed by atoms with Gasteiger partial charge in [-0.2, -0.15) is 8.78 Å². The number of hydrogen-bond acceptors (Lipinski definition) is 4. The van der Waals surface area contributed by atoms with E-state index in [4.69, 9.17) is 0 Å². The standard InChI is InChI=1S/C15H21F2N3O3S/c1-10(2)20-8-7-11(9-20)18-15(21)19-12-5-3-4-6-13(12)24(22,23)14(16)17/h3-6,10-11,14H,7-9H2,1-2H3,(H2,18,19,21). The zero-order chi connectivity index (χ0) is 17.9. The number of rotatable bonds is 5. The lowest BCUT2D eigenvalue weighted by atomic mass is 10.2. The molecule has 1 aliphatic rings. The summed E-state index contributed by atoms with van der Waals surface area (Å²) < 4.78 is 48.8. The Morgan fingerprint density at radius 1 is 1.29 bits per heavy atom. The predicted octanol–water partition coefficient (Wildman–Crippen LogP) is 2.29. The van der Waals surface area contributed by atoms with Crippen molar-refractivity contribution < 1.29 is 22.0 Å². The molecule has 0 saturated carbocycles. The lowest BCUT2D eigenvalue weighted by Gasteiger charge is -2.20. The number of halogens is 2. The average Bonchev–Trinajstić information content (AvgIpc) is 2.96. The molecule has 1 saturated heterocycles. The summed E-state index contributed by atoms with van der Waals surface area (Å²) in [6.07, 6.45) is 0.780. The van der Waals surface area contributed by atoms with E-state index < -0.39 is 26.5 Å². The van der Waals surface area contributed by atoms with E-state index in [2.05, 4.69) is 29.4 Å². The number of hydrogen-bond donors (Lipinski definition) is 2. The summed E-state index contributed by atoms with van der Waals surface area (Å²) in [5, 5.41) is 5.11. The van der Waals surface area contributed by atoms with E-state index in [9.17, 15) is 22.0 Å². The first-order valence-corrected chi connectivity index (χ1v) is 9.19. The first-order valence-electron chi connectivity index (χ1n) is 7.64. The van der Waals surface area contributed by atoms with Crippen LogP contribution in [0.5, 0.6) is 0 Å². The Morgan fingerprint density at radius 2 is 1.96 bits per heavy atom.